The fourth-order valence-corrected chi connectivity index (χ4v) is 9.78. The van der Waals surface area contributed by atoms with Crippen LogP contribution in [-0.4, -0.2) is 98.4 Å². The molecule has 2 bridgehead atoms. The molecule has 1 spiro atoms. The van der Waals surface area contributed by atoms with E-state index in [1.165, 1.54) is 23.5 Å². The third-order valence-corrected chi connectivity index (χ3v) is 12.0. The summed E-state index contributed by atoms with van der Waals surface area (Å²) in [4.78, 5) is 47.0. The number of aliphatic hydroxyl groups excluding tert-OH is 2. The molecule has 0 aromatic carbocycles. The summed E-state index contributed by atoms with van der Waals surface area (Å²) in [5.41, 5.74) is 5.04. The second-order valence-corrected chi connectivity index (χ2v) is 16.4. The number of ether oxygens (including phenoxy) is 1. The van der Waals surface area contributed by atoms with E-state index in [1.807, 2.05) is 0 Å². The van der Waals surface area contributed by atoms with Crippen LogP contribution in [0.1, 0.15) is 24.5 Å². The van der Waals surface area contributed by atoms with E-state index in [9.17, 15) is 29.0 Å². The maximum Gasteiger partial charge on any atom is 0.472 e. The van der Waals surface area contributed by atoms with Gasteiger partial charge in [0.2, 0.25) is 0 Å². The molecule has 8 rings (SSSR count). The first-order valence-electron chi connectivity index (χ1n) is 14.4. The maximum absolute atomic E-state index is 13.7. The normalized spacial score (nSPS) is 40.4. The number of nitrogens with one attached hydrogen (secondary N) is 1. The van der Waals surface area contributed by atoms with Gasteiger partial charge in [0.05, 0.1) is 44.6 Å². The molecule has 0 radical (unpaired) electrons. The van der Waals surface area contributed by atoms with E-state index >= 15 is 0 Å². The van der Waals surface area contributed by atoms with Crippen LogP contribution in [0, 0.1) is 24.2 Å². The Kier molecular flexibility index (Phi) is 7.26. The van der Waals surface area contributed by atoms with Gasteiger partial charge in [-0.25, -0.2) is 34.0 Å². The molecule has 0 amide bonds. The molecule has 47 heavy (non-hydrogen) atoms. The Hall–Kier alpha value is -2.81. The average Bonchev–Trinajstić information content (AvgIpc) is 3.30. The van der Waals surface area contributed by atoms with Gasteiger partial charge in [-0.1, -0.05) is 12.2 Å². The molecule has 6 N–H and O–H groups in total. The molecule has 4 fully saturated rings. The number of imidazole rings is 2. The third kappa shape index (κ3) is 4.99. The van der Waals surface area contributed by atoms with E-state index in [0.717, 1.165) is 0 Å². The number of aromatic nitrogens is 8. The molecule has 11 atom stereocenters. The van der Waals surface area contributed by atoms with E-state index in [1.54, 1.807) is 11.5 Å². The summed E-state index contributed by atoms with van der Waals surface area (Å²) in [6.07, 6.45) is -2.01. The van der Waals surface area contributed by atoms with Gasteiger partial charge < -0.3 is 35.1 Å². The van der Waals surface area contributed by atoms with Crippen molar-refractivity contribution in [3.05, 3.63) is 35.2 Å². The molecule has 2 aliphatic carbocycles. The van der Waals surface area contributed by atoms with Crippen molar-refractivity contribution in [1.82, 2.24) is 39.0 Å². The van der Waals surface area contributed by atoms with Crippen LogP contribution in [0.5, 0.6) is 0 Å². The smallest absolute Gasteiger partial charge is 0.396 e. The Morgan fingerprint density at radius 2 is 1.89 bits per heavy atom. The molecule has 4 aliphatic rings. The Balaban J connectivity index is 1.15. The summed E-state index contributed by atoms with van der Waals surface area (Å²) in [5, 5.41) is 22.0. The van der Waals surface area contributed by atoms with Gasteiger partial charge >= 0.3 is 14.6 Å². The lowest BCUT2D eigenvalue weighted by Crippen LogP contribution is -2.37. The zero-order valence-corrected chi connectivity index (χ0v) is 27.0. The van der Waals surface area contributed by atoms with Gasteiger partial charge in [0, 0.05) is 11.3 Å². The molecular weight excluding hydrogens is 684 g/mol. The zero-order valence-electron chi connectivity index (χ0n) is 24.3. The number of phosphoric acid groups is 1. The van der Waals surface area contributed by atoms with Crippen LogP contribution >= 0.6 is 26.9 Å². The van der Waals surface area contributed by atoms with Gasteiger partial charge in [-0.05, 0) is 19.3 Å². The Labute approximate surface area is 268 Å². The summed E-state index contributed by atoms with van der Waals surface area (Å²) in [5.74, 6) is -1.03. The molecular formula is C24H29N9O11P2S. The highest BCUT2D eigenvalue weighted by molar-refractivity contribution is 8.44. The number of nitrogens with two attached hydrogens (primary N) is 1. The molecule has 4 aromatic heterocycles. The first-order chi connectivity index (χ1) is 22.3. The van der Waals surface area contributed by atoms with Crippen molar-refractivity contribution in [3.63, 3.8) is 0 Å². The molecule has 2 saturated heterocycles. The van der Waals surface area contributed by atoms with Crippen molar-refractivity contribution in [2.45, 2.75) is 50.0 Å². The highest BCUT2D eigenvalue weighted by Gasteiger charge is 2.74. The third-order valence-electron chi connectivity index (χ3n) is 9.46. The number of nitrogens with zero attached hydrogens (tertiary/aromatic N) is 7. The minimum absolute atomic E-state index is 0.0247. The largest absolute Gasteiger partial charge is 0.472 e. The zero-order chi connectivity index (χ0) is 33.0. The lowest BCUT2D eigenvalue weighted by Gasteiger charge is -2.30. The van der Waals surface area contributed by atoms with Crippen LogP contribution in [0.25, 0.3) is 22.3 Å². The summed E-state index contributed by atoms with van der Waals surface area (Å²) < 4.78 is 59.2. The molecule has 4 aromatic rings. The van der Waals surface area contributed by atoms with Crippen LogP contribution < -0.4 is 11.3 Å². The first-order valence-corrected chi connectivity index (χ1v) is 18.6. The standard InChI is InChI=1S/C24H29N9O11P2S/c1-9-30-21-14(22(36)31-9)29-8-33(21)23-17-10(3-34)12(42-23)4-40-46(39,47)44-18-16(35)15(11-2-24(11,18)5-41-45(37,38)43-17)32-7-28-13-19(25)26-6-27-20(13)32/h6-8,10-12,15-18,23,34-35H,2-5H2,1H3,(H,37,38)(H,39,47)(H2,25,26,27)(H,30,31,36)/t10-,11-,12-,15-,16+,17-,18+,23-,24?,46-/m1/s1. The van der Waals surface area contributed by atoms with Gasteiger partial charge in [-0.2, -0.15) is 0 Å². The van der Waals surface area contributed by atoms with Crippen molar-refractivity contribution in [2.75, 3.05) is 25.6 Å². The van der Waals surface area contributed by atoms with Crippen LogP contribution in [-0.2, 0) is 32.0 Å². The number of H-pyrrole nitrogens is 1. The summed E-state index contributed by atoms with van der Waals surface area (Å²) in [6, 6.07) is -0.737. The molecule has 23 heteroatoms. The van der Waals surface area contributed by atoms with Crippen LogP contribution in [0.15, 0.2) is 23.8 Å². The van der Waals surface area contributed by atoms with Crippen LogP contribution in [0.4, 0.5) is 5.82 Å². The van der Waals surface area contributed by atoms with Crippen molar-refractivity contribution < 1.29 is 47.1 Å². The van der Waals surface area contributed by atoms with Gasteiger partial charge in [0.25, 0.3) is 5.56 Å². The van der Waals surface area contributed by atoms with Crippen molar-refractivity contribution >= 4 is 55.0 Å². The minimum Gasteiger partial charge on any atom is -0.396 e. The van der Waals surface area contributed by atoms with Crippen LogP contribution in [0.3, 0.4) is 0 Å². The van der Waals surface area contributed by atoms with E-state index in [4.69, 9.17) is 28.6 Å². The number of rotatable bonds is 3. The number of hydrogen-bond donors (Lipinski definition) is 6. The first kappa shape index (κ1) is 31.5. The number of fused-ring (bicyclic) bond motifs is 4. The SMILES string of the molecule is Cc1nc2c(ncn2[C@@H]2O[C@@H]3CO[P@@](=O)(S)O[C@H]4[C@@H](O)[C@H](n5cnc6c(N)ncnc65)[C@H]5CC54COP(=O)(O)O[C@@H]2[C@@H]3CO)c(=O)[nH]1. The average molecular weight is 714 g/mol. The van der Waals surface area contributed by atoms with E-state index in [-0.39, 0.29) is 22.8 Å². The second kappa shape index (κ2) is 10.8. The minimum atomic E-state index is -4.95. The van der Waals surface area contributed by atoms with Gasteiger partial charge in [0.1, 0.15) is 36.0 Å². The number of thiol groups is 1. The number of nitrogen functional groups attached to an aromatic ring is 1. The Morgan fingerprint density at radius 1 is 1.13 bits per heavy atom. The number of aliphatic hydroxyl groups is 2. The van der Waals surface area contributed by atoms with Gasteiger partial charge in [-0.3, -0.25) is 27.5 Å². The topological polar surface area (TPSA) is 274 Å². The number of aryl methyl sites for hydroxylation is 1. The predicted molar refractivity (Wildman–Crippen MR) is 161 cm³/mol. The number of aromatic amines is 1. The quantitative estimate of drug-likeness (QED) is 0.122. The molecule has 20 nitrogen and oxygen atoms in total. The number of anilines is 1. The second-order valence-electron chi connectivity index (χ2n) is 12.1. The monoisotopic (exact) mass is 713 g/mol. The predicted octanol–water partition coefficient (Wildman–Crippen LogP) is 0.233. The highest BCUT2D eigenvalue weighted by atomic mass is 32.7. The van der Waals surface area contributed by atoms with E-state index in [0.29, 0.717) is 17.6 Å². The van der Waals surface area contributed by atoms with Crippen LogP contribution in [0.2, 0.25) is 0 Å². The van der Waals surface area contributed by atoms with Crippen molar-refractivity contribution in [3.8, 4) is 0 Å². The van der Waals surface area contributed by atoms with Crippen molar-refractivity contribution in [1.29, 1.82) is 0 Å². The Morgan fingerprint density at radius 3 is 2.68 bits per heavy atom. The lowest BCUT2D eigenvalue weighted by atomic mass is 9.99. The number of phosphoric ester groups is 1. The van der Waals surface area contributed by atoms with E-state index in [2.05, 4.69) is 42.2 Å². The molecule has 2 aliphatic heterocycles. The van der Waals surface area contributed by atoms with Gasteiger partial charge in [0.15, 0.2) is 28.9 Å². The fraction of sp³-hybridized carbons (Fsp3) is 0.583. The Bertz CT molecular complexity index is 2060. The lowest BCUT2D eigenvalue weighted by molar-refractivity contribution is -0.0587. The van der Waals surface area contributed by atoms with Crippen molar-refractivity contribution in [2.24, 2.45) is 17.3 Å². The highest BCUT2D eigenvalue weighted by Crippen LogP contribution is 2.73. The molecule has 6 heterocycles. The summed E-state index contributed by atoms with van der Waals surface area (Å²) >= 11 is 4.19. The van der Waals surface area contributed by atoms with Gasteiger partial charge in [-0.15, -0.1) is 0 Å². The number of hydrogen-bond acceptors (Lipinski definition) is 16. The molecule has 2 unspecified atom stereocenters. The molecule has 2 saturated carbocycles. The summed E-state index contributed by atoms with van der Waals surface area (Å²) in [6.45, 7) is -4.25. The molecule has 252 valence electrons. The maximum atomic E-state index is 13.7. The summed E-state index contributed by atoms with van der Waals surface area (Å²) in [7, 11) is -4.95. The fourth-order valence-electron chi connectivity index (χ4n) is 7.23. The van der Waals surface area contributed by atoms with E-state index < -0.39 is 93.9 Å².